The molecule has 0 aromatic heterocycles. The zero-order valence-corrected chi connectivity index (χ0v) is 19.9. The Kier molecular flexibility index (Phi) is 7.01. The highest BCUT2D eigenvalue weighted by atomic mass is 35.5. The van der Waals surface area contributed by atoms with Gasteiger partial charge in [-0.15, -0.1) is 0 Å². The first-order valence-electron chi connectivity index (χ1n) is 11.1. The summed E-state index contributed by atoms with van der Waals surface area (Å²) in [5.41, 5.74) is 5.84. The van der Waals surface area contributed by atoms with Crippen LogP contribution in [0.2, 0.25) is 5.02 Å². The van der Waals surface area contributed by atoms with Gasteiger partial charge in [0.05, 0.1) is 12.2 Å². The average molecular weight is 466 g/mol. The quantitative estimate of drug-likeness (QED) is 0.469. The van der Waals surface area contributed by atoms with Crippen molar-refractivity contribution in [3.8, 4) is 0 Å². The van der Waals surface area contributed by atoms with Gasteiger partial charge in [-0.25, -0.2) is 4.79 Å². The van der Waals surface area contributed by atoms with E-state index in [0.717, 1.165) is 22.4 Å². The number of carbonyl (C=O) groups is 2. The Morgan fingerprint density at radius 3 is 2.33 bits per heavy atom. The van der Waals surface area contributed by atoms with E-state index in [2.05, 4.69) is 5.32 Å². The van der Waals surface area contributed by atoms with Crippen LogP contribution in [0.25, 0.3) is 0 Å². The Bertz CT molecular complexity index is 1120. The number of dihydropyridines is 1. The van der Waals surface area contributed by atoms with Gasteiger partial charge in [0.1, 0.15) is 6.61 Å². The van der Waals surface area contributed by atoms with E-state index in [0.29, 0.717) is 41.3 Å². The Labute approximate surface area is 199 Å². The number of ether oxygens (including phenoxy) is 2. The Hall–Kier alpha value is -2.89. The molecular formula is C27H28ClNO4. The number of benzene rings is 2. The van der Waals surface area contributed by atoms with E-state index >= 15 is 0 Å². The molecule has 2 atom stereocenters. The van der Waals surface area contributed by atoms with Crippen LogP contribution in [0.4, 0.5) is 0 Å². The van der Waals surface area contributed by atoms with E-state index < -0.39 is 11.9 Å². The van der Waals surface area contributed by atoms with Crippen molar-refractivity contribution in [1.82, 2.24) is 5.32 Å². The van der Waals surface area contributed by atoms with Gasteiger partial charge >= 0.3 is 5.97 Å². The molecule has 6 heteroatoms. The number of allylic oxidation sites excluding steroid dienone is 3. The van der Waals surface area contributed by atoms with E-state index in [1.165, 1.54) is 0 Å². The molecule has 1 heterocycles. The highest BCUT2D eigenvalue weighted by Crippen LogP contribution is 2.45. The van der Waals surface area contributed by atoms with Crippen LogP contribution < -0.4 is 5.32 Å². The summed E-state index contributed by atoms with van der Waals surface area (Å²) in [5.74, 6) is -0.788. The van der Waals surface area contributed by atoms with Crippen molar-refractivity contribution >= 4 is 23.4 Å². The van der Waals surface area contributed by atoms with Crippen LogP contribution in [0.5, 0.6) is 0 Å². The first-order chi connectivity index (χ1) is 15.9. The SMILES string of the molecule is COCCOC(=O)C1=C(C)NC2=C(C(=O)CC(c3ccc(Cl)cc3)C2)C1c1ccc(C)cc1. The summed E-state index contributed by atoms with van der Waals surface area (Å²) < 4.78 is 10.5. The minimum atomic E-state index is -0.462. The van der Waals surface area contributed by atoms with Gasteiger partial charge in [0.15, 0.2) is 5.78 Å². The van der Waals surface area contributed by atoms with Gasteiger partial charge in [-0.2, -0.15) is 0 Å². The number of Topliss-reactive ketones (excluding diaryl/α,β-unsaturated/α-hetero) is 1. The molecule has 1 aliphatic carbocycles. The number of aryl methyl sites for hydroxylation is 1. The van der Waals surface area contributed by atoms with Crippen molar-refractivity contribution in [3.63, 3.8) is 0 Å². The second-order valence-electron chi connectivity index (χ2n) is 8.61. The van der Waals surface area contributed by atoms with Crippen molar-refractivity contribution in [2.75, 3.05) is 20.3 Å². The number of carbonyl (C=O) groups excluding carboxylic acids is 2. The van der Waals surface area contributed by atoms with Gasteiger partial charge in [-0.1, -0.05) is 53.6 Å². The molecule has 0 saturated carbocycles. The fraction of sp³-hybridized carbons (Fsp3) is 0.333. The lowest BCUT2D eigenvalue weighted by Crippen LogP contribution is -2.36. The third kappa shape index (κ3) is 4.90. The molecule has 0 amide bonds. The van der Waals surface area contributed by atoms with Gasteiger partial charge in [0.2, 0.25) is 0 Å². The molecule has 2 aromatic carbocycles. The predicted molar refractivity (Wildman–Crippen MR) is 128 cm³/mol. The summed E-state index contributed by atoms with van der Waals surface area (Å²) in [7, 11) is 1.56. The highest BCUT2D eigenvalue weighted by molar-refractivity contribution is 6.30. The highest BCUT2D eigenvalue weighted by Gasteiger charge is 2.41. The third-order valence-electron chi connectivity index (χ3n) is 6.32. The number of rotatable bonds is 6. The molecule has 0 radical (unpaired) electrons. The Morgan fingerprint density at radius 1 is 1.00 bits per heavy atom. The average Bonchev–Trinajstić information content (AvgIpc) is 2.79. The second kappa shape index (κ2) is 9.94. The van der Waals surface area contributed by atoms with Crippen molar-refractivity contribution in [2.45, 2.75) is 38.5 Å². The minimum absolute atomic E-state index is 0.0453. The van der Waals surface area contributed by atoms with Crippen molar-refractivity contribution in [2.24, 2.45) is 0 Å². The molecule has 33 heavy (non-hydrogen) atoms. The van der Waals surface area contributed by atoms with Gasteiger partial charge in [0.25, 0.3) is 0 Å². The Balaban J connectivity index is 1.73. The minimum Gasteiger partial charge on any atom is -0.460 e. The first-order valence-corrected chi connectivity index (χ1v) is 11.5. The summed E-state index contributed by atoms with van der Waals surface area (Å²) in [6.45, 7) is 4.36. The van der Waals surface area contributed by atoms with Crippen LogP contribution in [-0.4, -0.2) is 32.1 Å². The van der Waals surface area contributed by atoms with Crippen LogP contribution in [0.1, 0.15) is 48.3 Å². The van der Waals surface area contributed by atoms with Crippen LogP contribution >= 0.6 is 11.6 Å². The van der Waals surface area contributed by atoms with Gasteiger partial charge in [-0.3, -0.25) is 4.79 Å². The van der Waals surface area contributed by atoms with Gasteiger partial charge < -0.3 is 14.8 Å². The van der Waals surface area contributed by atoms with E-state index in [4.69, 9.17) is 21.1 Å². The maximum Gasteiger partial charge on any atom is 0.336 e. The van der Waals surface area contributed by atoms with Crippen LogP contribution in [0.3, 0.4) is 0 Å². The van der Waals surface area contributed by atoms with Crippen LogP contribution in [-0.2, 0) is 19.1 Å². The smallest absolute Gasteiger partial charge is 0.336 e. The number of ketones is 1. The molecule has 5 nitrogen and oxygen atoms in total. The number of esters is 1. The lowest BCUT2D eigenvalue weighted by Gasteiger charge is -2.36. The second-order valence-corrected chi connectivity index (χ2v) is 9.04. The van der Waals surface area contributed by atoms with Gasteiger partial charge in [-0.05, 0) is 49.4 Å². The standard InChI is InChI=1S/C27H28ClNO4/c1-16-4-6-19(7-5-16)25-24(27(31)33-13-12-32-3)17(2)29-22-14-20(15-23(30)26(22)25)18-8-10-21(28)11-9-18/h4-11,20,25,29H,12-15H2,1-3H3. The molecule has 2 aliphatic rings. The number of halogens is 1. The molecule has 0 fully saturated rings. The number of hydrogen-bond acceptors (Lipinski definition) is 5. The molecule has 2 unspecified atom stereocenters. The van der Waals surface area contributed by atoms with Crippen molar-refractivity contribution in [1.29, 1.82) is 0 Å². The summed E-state index contributed by atoms with van der Waals surface area (Å²) in [4.78, 5) is 26.7. The number of methoxy groups -OCH3 is 1. The molecule has 1 N–H and O–H groups in total. The summed E-state index contributed by atoms with van der Waals surface area (Å²) in [6, 6.07) is 15.7. The molecule has 4 rings (SSSR count). The van der Waals surface area contributed by atoms with E-state index in [1.54, 1.807) is 7.11 Å². The molecular weight excluding hydrogens is 438 g/mol. The van der Waals surface area contributed by atoms with E-state index in [-0.39, 0.29) is 18.3 Å². The fourth-order valence-electron chi connectivity index (χ4n) is 4.67. The number of nitrogens with one attached hydrogen (secondary N) is 1. The van der Waals surface area contributed by atoms with E-state index in [1.807, 2.05) is 62.4 Å². The molecule has 0 bridgehead atoms. The zero-order chi connectivity index (χ0) is 23.5. The summed E-state index contributed by atoms with van der Waals surface area (Å²) >= 11 is 6.05. The topological polar surface area (TPSA) is 64.6 Å². The predicted octanol–water partition coefficient (Wildman–Crippen LogP) is 5.20. The maximum atomic E-state index is 13.5. The molecule has 2 aromatic rings. The van der Waals surface area contributed by atoms with Gasteiger partial charge in [0, 0.05) is 41.4 Å². The molecule has 0 spiro atoms. The monoisotopic (exact) mass is 465 g/mol. The van der Waals surface area contributed by atoms with Crippen molar-refractivity contribution in [3.05, 3.63) is 92.8 Å². The first kappa shape index (κ1) is 23.3. The lowest BCUT2D eigenvalue weighted by molar-refractivity contribution is -0.140. The molecule has 0 saturated heterocycles. The van der Waals surface area contributed by atoms with Crippen molar-refractivity contribution < 1.29 is 19.1 Å². The normalized spacial score (nSPS) is 20.4. The largest absolute Gasteiger partial charge is 0.460 e. The fourth-order valence-corrected chi connectivity index (χ4v) is 4.79. The van der Waals surface area contributed by atoms with Crippen LogP contribution in [0, 0.1) is 6.92 Å². The number of hydrogen-bond donors (Lipinski definition) is 1. The summed E-state index contributed by atoms with van der Waals surface area (Å²) in [6.07, 6.45) is 1.07. The summed E-state index contributed by atoms with van der Waals surface area (Å²) in [5, 5.41) is 4.05. The Morgan fingerprint density at radius 2 is 1.67 bits per heavy atom. The molecule has 172 valence electrons. The van der Waals surface area contributed by atoms with E-state index in [9.17, 15) is 9.59 Å². The molecule has 1 aliphatic heterocycles. The zero-order valence-electron chi connectivity index (χ0n) is 19.1. The lowest BCUT2D eigenvalue weighted by atomic mass is 9.71. The van der Waals surface area contributed by atoms with Crippen LogP contribution in [0.15, 0.2) is 71.1 Å². The third-order valence-corrected chi connectivity index (χ3v) is 6.57. The maximum absolute atomic E-state index is 13.5.